The second kappa shape index (κ2) is 4.44. The van der Waals surface area contributed by atoms with Crippen LogP contribution in [0.5, 0.6) is 0 Å². The Morgan fingerprint density at radius 3 is 2.20 bits per heavy atom. The van der Waals surface area contributed by atoms with Crippen molar-refractivity contribution >= 4 is 10.9 Å². The van der Waals surface area contributed by atoms with Crippen LogP contribution in [-0.2, 0) is 12.7 Å². The minimum atomic E-state index is -4.81. The van der Waals surface area contributed by atoms with Gasteiger partial charge in [-0.05, 0) is 18.2 Å². The van der Waals surface area contributed by atoms with Crippen molar-refractivity contribution in [2.45, 2.75) is 18.9 Å². The maximum absolute atomic E-state index is 12.9. The summed E-state index contributed by atoms with van der Waals surface area (Å²) in [4.78, 5) is 0. The molecule has 0 saturated carbocycles. The normalized spacial score (nSPS) is 12.7. The van der Waals surface area contributed by atoms with E-state index in [1.54, 1.807) is 0 Å². The number of benzene rings is 1. The van der Waals surface area contributed by atoms with Crippen LogP contribution in [0, 0.1) is 11.3 Å². The third kappa shape index (κ3) is 2.57. The first-order chi connectivity index (χ1) is 9.13. The SMILES string of the molecule is N#Cc1ccc2c(ccn2CC(F)(F)F)c1C(F)(F)F. The lowest BCUT2D eigenvalue weighted by Crippen LogP contribution is -2.17. The molecule has 0 aliphatic rings. The maximum Gasteiger partial charge on any atom is 0.418 e. The number of hydrogen-bond acceptors (Lipinski definition) is 1. The monoisotopic (exact) mass is 292 g/mol. The van der Waals surface area contributed by atoms with Crippen molar-refractivity contribution in [1.82, 2.24) is 4.57 Å². The van der Waals surface area contributed by atoms with Crippen LogP contribution in [0.1, 0.15) is 11.1 Å². The molecule has 2 aromatic rings. The lowest BCUT2D eigenvalue weighted by molar-refractivity contribution is -0.139. The van der Waals surface area contributed by atoms with Gasteiger partial charge in [-0.1, -0.05) is 0 Å². The molecule has 106 valence electrons. The minimum absolute atomic E-state index is 0.214. The minimum Gasteiger partial charge on any atom is -0.338 e. The summed E-state index contributed by atoms with van der Waals surface area (Å²) in [5, 5.41) is 8.28. The highest BCUT2D eigenvalue weighted by Crippen LogP contribution is 2.38. The van der Waals surface area contributed by atoms with E-state index in [-0.39, 0.29) is 5.52 Å². The van der Waals surface area contributed by atoms with Crippen molar-refractivity contribution in [3.8, 4) is 6.07 Å². The Kier molecular flexibility index (Phi) is 3.16. The van der Waals surface area contributed by atoms with E-state index in [2.05, 4.69) is 0 Å². The fraction of sp³-hybridized carbons (Fsp3) is 0.250. The Bertz CT molecular complexity index is 687. The Morgan fingerprint density at radius 2 is 1.70 bits per heavy atom. The third-order valence-electron chi connectivity index (χ3n) is 2.71. The van der Waals surface area contributed by atoms with Crippen molar-refractivity contribution in [1.29, 1.82) is 5.26 Å². The van der Waals surface area contributed by atoms with Gasteiger partial charge in [0.1, 0.15) is 6.54 Å². The molecule has 0 unspecified atom stereocenters. The van der Waals surface area contributed by atoms with Gasteiger partial charge in [-0.25, -0.2) is 0 Å². The van der Waals surface area contributed by atoms with Crippen molar-refractivity contribution in [3.63, 3.8) is 0 Å². The number of nitrogens with zero attached hydrogens (tertiary/aromatic N) is 2. The number of hydrogen-bond donors (Lipinski definition) is 0. The van der Waals surface area contributed by atoms with Crippen LogP contribution in [0.4, 0.5) is 26.3 Å². The van der Waals surface area contributed by atoms with Crippen LogP contribution in [0.25, 0.3) is 10.9 Å². The summed E-state index contributed by atoms with van der Waals surface area (Å²) in [7, 11) is 0. The molecule has 0 aliphatic carbocycles. The highest BCUT2D eigenvalue weighted by atomic mass is 19.4. The molecule has 8 heteroatoms. The Morgan fingerprint density at radius 1 is 1.05 bits per heavy atom. The lowest BCUT2D eigenvalue weighted by atomic mass is 10.0. The zero-order chi connectivity index (χ0) is 15.1. The van der Waals surface area contributed by atoms with Crippen LogP contribution in [0.2, 0.25) is 0 Å². The third-order valence-corrected chi connectivity index (χ3v) is 2.71. The molecule has 0 atom stereocenters. The first-order valence-corrected chi connectivity index (χ1v) is 5.29. The van der Waals surface area contributed by atoms with E-state index in [0.29, 0.717) is 4.57 Å². The topological polar surface area (TPSA) is 28.7 Å². The second-order valence-corrected chi connectivity index (χ2v) is 4.09. The quantitative estimate of drug-likeness (QED) is 0.728. The summed E-state index contributed by atoms with van der Waals surface area (Å²) < 4.78 is 76.5. The van der Waals surface area contributed by atoms with Gasteiger partial charge in [0, 0.05) is 17.1 Å². The van der Waals surface area contributed by atoms with Crippen LogP contribution >= 0.6 is 0 Å². The summed E-state index contributed by atoms with van der Waals surface area (Å²) >= 11 is 0. The van der Waals surface area contributed by atoms with Gasteiger partial charge in [0.15, 0.2) is 0 Å². The summed E-state index contributed by atoms with van der Waals surface area (Å²) in [5.74, 6) is 0. The van der Waals surface area contributed by atoms with E-state index in [1.165, 1.54) is 6.07 Å². The van der Waals surface area contributed by atoms with Crippen LogP contribution in [-0.4, -0.2) is 10.7 Å². The van der Waals surface area contributed by atoms with E-state index >= 15 is 0 Å². The highest BCUT2D eigenvalue weighted by molar-refractivity contribution is 5.86. The van der Waals surface area contributed by atoms with Gasteiger partial charge < -0.3 is 4.57 Å². The zero-order valence-electron chi connectivity index (χ0n) is 9.68. The van der Waals surface area contributed by atoms with Gasteiger partial charge in [0.05, 0.1) is 17.2 Å². The number of halogens is 6. The number of alkyl halides is 6. The van der Waals surface area contributed by atoms with Gasteiger partial charge in [-0.2, -0.15) is 31.6 Å². The molecule has 0 amide bonds. The standard InChI is InChI=1S/C12H6F6N2/c13-11(14,15)6-20-4-3-8-9(20)2-1-7(5-19)10(8)12(16,17)18/h1-4H,6H2. The van der Waals surface area contributed by atoms with E-state index in [1.807, 2.05) is 0 Å². The Balaban J connectivity index is 2.70. The summed E-state index contributed by atoms with van der Waals surface area (Å²) in [5.41, 5.74) is -2.04. The van der Waals surface area contributed by atoms with Crippen molar-refractivity contribution < 1.29 is 26.3 Å². The summed E-state index contributed by atoms with van der Waals surface area (Å²) in [6.45, 7) is -1.39. The molecule has 0 fully saturated rings. The molecule has 2 nitrogen and oxygen atoms in total. The lowest BCUT2D eigenvalue weighted by Gasteiger charge is -2.12. The molecule has 0 aliphatic heterocycles. The van der Waals surface area contributed by atoms with Crippen LogP contribution in [0.15, 0.2) is 24.4 Å². The molecule has 0 spiro atoms. The van der Waals surface area contributed by atoms with Crippen LogP contribution < -0.4 is 0 Å². The van der Waals surface area contributed by atoms with Crippen molar-refractivity contribution in [3.05, 3.63) is 35.5 Å². The maximum atomic E-state index is 12.9. The predicted octanol–water partition coefficient (Wildman–Crippen LogP) is 4.09. The summed E-state index contributed by atoms with van der Waals surface area (Å²) in [6, 6.07) is 4.29. The fourth-order valence-electron chi connectivity index (χ4n) is 2.00. The number of rotatable bonds is 1. The molecule has 20 heavy (non-hydrogen) atoms. The van der Waals surface area contributed by atoms with Gasteiger partial charge in [0.2, 0.25) is 0 Å². The van der Waals surface area contributed by atoms with E-state index in [4.69, 9.17) is 5.26 Å². The Hall–Kier alpha value is -2.17. The predicted molar refractivity (Wildman–Crippen MR) is 57.7 cm³/mol. The molecule has 0 N–H and O–H groups in total. The molecular formula is C12H6F6N2. The summed E-state index contributed by atoms with van der Waals surface area (Å²) in [6.07, 6.45) is -8.43. The average molecular weight is 292 g/mol. The fourth-order valence-corrected chi connectivity index (χ4v) is 2.00. The zero-order valence-corrected chi connectivity index (χ0v) is 9.68. The van der Waals surface area contributed by atoms with Crippen molar-refractivity contribution in [2.24, 2.45) is 0 Å². The molecule has 0 saturated heterocycles. The Labute approximate surface area is 108 Å². The van der Waals surface area contributed by atoms with Gasteiger partial charge >= 0.3 is 12.4 Å². The molecule has 0 radical (unpaired) electrons. The van der Waals surface area contributed by atoms with Gasteiger partial charge in [-0.3, -0.25) is 0 Å². The average Bonchev–Trinajstić information content (AvgIpc) is 2.67. The number of aromatic nitrogens is 1. The molecule has 2 rings (SSSR count). The number of nitriles is 1. The first kappa shape index (κ1) is 14.2. The van der Waals surface area contributed by atoms with Gasteiger partial charge in [0.25, 0.3) is 0 Å². The van der Waals surface area contributed by atoms with Crippen molar-refractivity contribution in [2.75, 3.05) is 0 Å². The second-order valence-electron chi connectivity index (χ2n) is 4.09. The molecule has 1 aromatic carbocycles. The smallest absolute Gasteiger partial charge is 0.338 e. The van der Waals surface area contributed by atoms with Crippen LogP contribution in [0.3, 0.4) is 0 Å². The number of fused-ring (bicyclic) bond motifs is 1. The molecule has 0 bridgehead atoms. The molecular weight excluding hydrogens is 286 g/mol. The molecule has 1 heterocycles. The first-order valence-electron chi connectivity index (χ1n) is 5.29. The molecule has 1 aromatic heterocycles. The largest absolute Gasteiger partial charge is 0.418 e. The van der Waals surface area contributed by atoms with E-state index < -0.39 is 35.4 Å². The van der Waals surface area contributed by atoms with E-state index in [0.717, 1.165) is 24.4 Å². The van der Waals surface area contributed by atoms with Gasteiger partial charge in [-0.15, -0.1) is 0 Å². The highest BCUT2D eigenvalue weighted by Gasteiger charge is 2.37. The van der Waals surface area contributed by atoms with E-state index in [9.17, 15) is 26.3 Å².